The number of halogens is 1. The Balaban J connectivity index is 1.96. The highest BCUT2D eigenvalue weighted by Crippen LogP contribution is 2.23. The highest BCUT2D eigenvalue weighted by molar-refractivity contribution is 6.33. The zero-order chi connectivity index (χ0) is 17.5. The molecule has 0 aliphatic heterocycles. The van der Waals surface area contributed by atoms with Crippen molar-refractivity contribution in [1.82, 2.24) is 0 Å². The number of benzene rings is 2. The van der Waals surface area contributed by atoms with Gasteiger partial charge in [-0.1, -0.05) is 11.6 Å². The molecule has 126 valence electrons. The summed E-state index contributed by atoms with van der Waals surface area (Å²) in [5.41, 5.74) is 1.47. The average Bonchev–Trinajstić information content (AvgIpc) is 2.61. The quantitative estimate of drug-likeness (QED) is 0.784. The molecule has 0 atom stereocenters. The van der Waals surface area contributed by atoms with Crippen LogP contribution in [0.1, 0.15) is 10.4 Å². The minimum Gasteiger partial charge on any atom is -0.497 e. The third-order valence-corrected chi connectivity index (χ3v) is 3.53. The number of esters is 1. The van der Waals surface area contributed by atoms with Gasteiger partial charge in [-0.2, -0.15) is 0 Å². The first-order chi connectivity index (χ1) is 11.5. The van der Waals surface area contributed by atoms with Gasteiger partial charge in [0.2, 0.25) is 5.91 Å². The molecule has 0 aliphatic carbocycles. The molecule has 0 saturated heterocycles. The molecule has 24 heavy (non-hydrogen) atoms. The summed E-state index contributed by atoms with van der Waals surface area (Å²) in [6, 6.07) is 11.6. The molecule has 2 rings (SSSR count). The number of methoxy groups -OCH3 is 2. The number of ether oxygens (including phenoxy) is 2. The van der Waals surface area contributed by atoms with Crippen molar-refractivity contribution in [3.8, 4) is 5.75 Å². The summed E-state index contributed by atoms with van der Waals surface area (Å²) in [6.45, 7) is -0.00360. The van der Waals surface area contributed by atoms with Gasteiger partial charge in [-0.15, -0.1) is 0 Å². The molecule has 2 aromatic rings. The predicted molar refractivity (Wildman–Crippen MR) is 92.9 cm³/mol. The fourth-order valence-electron chi connectivity index (χ4n) is 1.96. The normalized spacial score (nSPS) is 9.96. The second kappa shape index (κ2) is 8.21. The Morgan fingerprint density at radius 2 is 1.79 bits per heavy atom. The first kappa shape index (κ1) is 17.6. The minimum absolute atomic E-state index is 0.00360. The van der Waals surface area contributed by atoms with Gasteiger partial charge in [-0.3, -0.25) is 4.79 Å². The SMILES string of the molecule is COC(=O)c1ccc(Cl)c(NCC(=O)Nc2ccc(OC)cc2)c1. The van der Waals surface area contributed by atoms with E-state index in [4.69, 9.17) is 16.3 Å². The topological polar surface area (TPSA) is 76.7 Å². The Labute approximate surface area is 144 Å². The van der Waals surface area contributed by atoms with Crippen molar-refractivity contribution < 1.29 is 19.1 Å². The molecule has 2 aromatic carbocycles. The van der Waals surface area contributed by atoms with Crippen LogP contribution in [0.15, 0.2) is 42.5 Å². The summed E-state index contributed by atoms with van der Waals surface area (Å²) in [5.74, 6) is -0.0189. The number of carbonyl (C=O) groups excluding carboxylic acids is 2. The van der Waals surface area contributed by atoms with E-state index in [1.807, 2.05) is 0 Å². The number of hydrogen-bond acceptors (Lipinski definition) is 5. The van der Waals surface area contributed by atoms with Crippen molar-refractivity contribution in [2.24, 2.45) is 0 Å². The van der Waals surface area contributed by atoms with E-state index < -0.39 is 5.97 Å². The van der Waals surface area contributed by atoms with Gasteiger partial charge in [-0.05, 0) is 42.5 Å². The van der Waals surface area contributed by atoms with E-state index in [9.17, 15) is 9.59 Å². The Bertz CT molecular complexity index is 732. The van der Waals surface area contributed by atoms with Gasteiger partial charge in [0.05, 0.1) is 37.0 Å². The molecule has 0 spiro atoms. The fourth-order valence-corrected chi connectivity index (χ4v) is 2.14. The van der Waals surface area contributed by atoms with Crippen molar-refractivity contribution in [3.05, 3.63) is 53.1 Å². The Morgan fingerprint density at radius 1 is 1.08 bits per heavy atom. The van der Waals surface area contributed by atoms with Crippen LogP contribution >= 0.6 is 11.6 Å². The van der Waals surface area contributed by atoms with E-state index >= 15 is 0 Å². The van der Waals surface area contributed by atoms with Crippen molar-refractivity contribution in [3.63, 3.8) is 0 Å². The first-order valence-electron chi connectivity index (χ1n) is 7.09. The van der Waals surface area contributed by atoms with E-state index in [0.29, 0.717) is 27.7 Å². The molecular formula is C17H17ClN2O4. The number of rotatable bonds is 6. The van der Waals surface area contributed by atoms with Gasteiger partial charge >= 0.3 is 5.97 Å². The van der Waals surface area contributed by atoms with Crippen LogP contribution in [0.25, 0.3) is 0 Å². The summed E-state index contributed by atoms with van der Waals surface area (Å²) in [4.78, 5) is 23.5. The van der Waals surface area contributed by atoms with Crippen LogP contribution in [-0.4, -0.2) is 32.6 Å². The zero-order valence-corrected chi connectivity index (χ0v) is 14.0. The van der Waals surface area contributed by atoms with E-state index in [0.717, 1.165) is 0 Å². The summed E-state index contributed by atoms with van der Waals surface area (Å²) in [7, 11) is 2.87. The van der Waals surface area contributed by atoms with E-state index in [1.165, 1.54) is 13.2 Å². The minimum atomic E-state index is -0.475. The van der Waals surface area contributed by atoms with E-state index in [-0.39, 0.29) is 12.5 Å². The van der Waals surface area contributed by atoms with Gasteiger partial charge in [-0.25, -0.2) is 4.79 Å². The molecule has 0 fully saturated rings. The van der Waals surface area contributed by atoms with E-state index in [2.05, 4.69) is 15.4 Å². The second-order valence-electron chi connectivity index (χ2n) is 4.82. The fraction of sp³-hybridized carbons (Fsp3) is 0.176. The lowest BCUT2D eigenvalue weighted by atomic mass is 10.2. The third-order valence-electron chi connectivity index (χ3n) is 3.20. The molecule has 0 unspecified atom stereocenters. The van der Waals surface area contributed by atoms with Crippen LogP contribution in [0, 0.1) is 0 Å². The molecule has 2 N–H and O–H groups in total. The van der Waals surface area contributed by atoms with Crippen LogP contribution < -0.4 is 15.4 Å². The van der Waals surface area contributed by atoms with Gasteiger partial charge < -0.3 is 20.1 Å². The van der Waals surface area contributed by atoms with Crippen LogP contribution in [0.2, 0.25) is 5.02 Å². The van der Waals surface area contributed by atoms with E-state index in [1.54, 1.807) is 43.5 Å². The average molecular weight is 349 g/mol. The maximum atomic E-state index is 12.0. The number of hydrogen-bond donors (Lipinski definition) is 2. The lowest BCUT2D eigenvalue weighted by Crippen LogP contribution is -2.22. The Kier molecular flexibility index (Phi) is 6.03. The van der Waals surface area contributed by atoms with Crippen LogP contribution in [0.5, 0.6) is 5.75 Å². The number of nitrogens with one attached hydrogen (secondary N) is 2. The van der Waals surface area contributed by atoms with Crippen molar-refractivity contribution in [1.29, 1.82) is 0 Å². The molecule has 0 aromatic heterocycles. The molecule has 0 aliphatic rings. The lowest BCUT2D eigenvalue weighted by Gasteiger charge is -2.10. The smallest absolute Gasteiger partial charge is 0.337 e. The number of amides is 1. The maximum absolute atomic E-state index is 12.0. The van der Waals surface area contributed by atoms with Crippen molar-refractivity contribution in [2.75, 3.05) is 31.4 Å². The van der Waals surface area contributed by atoms with Gasteiger partial charge in [0.15, 0.2) is 0 Å². The number of carbonyl (C=O) groups is 2. The lowest BCUT2D eigenvalue weighted by molar-refractivity contribution is -0.114. The molecule has 7 heteroatoms. The summed E-state index contributed by atoms with van der Waals surface area (Å²) in [5, 5.41) is 6.04. The molecule has 6 nitrogen and oxygen atoms in total. The molecule has 1 amide bonds. The predicted octanol–water partition coefficient (Wildman–Crippen LogP) is 3.19. The molecule has 0 radical (unpaired) electrons. The molecule has 0 heterocycles. The second-order valence-corrected chi connectivity index (χ2v) is 5.22. The third kappa shape index (κ3) is 4.63. The largest absolute Gasteiger partial charge is 0.497 e. The molecule has 0 bridgehead atoms. The van der Waals surface area contributed by atoms with Crippen molar-refractivity contribution in [2.45, 2.75) is 0 Å². The summed E-state index contributed by atoms with van der Waals surface area (Å²) >= 11 is 6.06. The highest BCUT2D eigenvalue weighted by atomic mass is 35.5. The Morgan fingerprint density at radius 3 is 2.42 bits per heavy atom. The molecular weight excluding hydrogens is 332 g/mol. The van der Waals surface area contributed by atoms with Gasteiger partial charge in [0, 0.05) is 5.69 Å². The number of anilines is 2. The Hall–Kier alpha value is -2.73. The standard InChI is InChI=1S/C17H17ClN2O4/c1-23-13-6-4-12(5-7-13)20-16(21)10-19-15-9-11(17(22)24-2)3-8-14(15)18/h3-9,19H,10H2,1-2H3,(H,20,21). The summed E-state index contributed by atoms with van der Waals surface area (Å²) < 4.78 is 9.71. The monoisotopic (exact) mass is 348 g/mol. The summed E-state index contributed by atoms with van der Waals surface area (Å²) in [6.07, 6.45) is 0. The van der Waals surface area contributed by atoms with Crippen LogP contribution in [0.3, 0.4) is 0 Å². The first-order valence-corrected chi connectivity index (χ1v) is 7.47. The van der Waals surface area contributed by atoms with Crippen LogP contribution in [0.4, 0.5) is 11.4 Å². The zero-order valence-electron chi connectivity index (χ0n) is 13.3. The molecule has 0 saturated carbocycles. The van der Waals surface area contributed by atoms with Crippen molar-refractivity contribution >= 4 is 34.9 Å². The van der Waals surface area contributed by atoms with Gasteiger partial charge in [0.25, 0.3) is 0 Å². The maximum Gasteiger partial charge on any atom is 0.337 e. The van der Waals surface area contributed by atoms with Crippen LogP contribution in [-0.2, 0) is 9.53 Å². The highest BCUT2D eigenvalue weighted by Gasteiger charge is 2.10. The van der Waals surface area contributed by atoms with Gasteiger partial charge in [0.1, 0.15) is 5.75 Å².